The first kappa shape index (κ1) is 23.3. The Kier molecular flexibility index (Phi) is 8.09. The Bertz CT molecular complexity index is 948. The van der Waals surface area contributed by atoms with Crippen LogP contribution in [0, 0.1) is 6.92 Å². The monoisotopic (exact) mass is 444 g/mol. The predicted octanol–water partition coefficient (Wildman–Crippen LogP) is 3.69. The van der Waals surface area contributed by atoms with Crippen LogP contribution in [-0.4, -0.2) is 45.0 Å². The average molecular weight is 445 g/mol. The van der Waals surface area contributed by atoms with Gasteiger partial charge < -0.3 is 9.64 Å². The lowest BCUT2D eigenvalue weighted by Crippen LogP contribution is -2.46. The quantitative estimate of drug-likeness (QED) is 0.599. The third kappa shape index (κ3) is 6.80. The minimum absolute atomic E-state index is 0.101. The third-order valence-electron chi connectivity index (χ3n) is 5.64. The van der Waals surface area contributed by atoms with Crippen molar-refractivity contribution >= 4 is 15.9 Å². The van der Waals surface area contributed by atoms with Crippen molar-refractivity contribution in [3.05, 3.63) is 59.7 Å². The maximum Gasteiger partial charge on any atom is 0.240 e. The molecule has 6 nitrogen and oxygen atoms in total. The molecule has 0 bridgehead atoms. The van der Waals surface area contributed by atoms with E-state index >= 15 is 0 Å². The zero-order valence-corrected chi connectivity index (χ0v) is 19.2. The number of amides is 1. The van der Waals surface area contributed by atoms with Gasteiger partial charge in [-0.25, -0.2) is 13.1 Å². The summed E-state index contributed by atoms with van der Waals surface area (Å²) >= 11 is 0. The maximum absolute atomic E-state index is 12.6. The van der Waals surface area contributed by atoms with Gasteiger partial charge in [-0.05, 0) is 62.4 Å². The first-order valence-corrected chi connectivity index (χ1v) is 12.4. The van der Waals surface area contributed by atoms with Crippen molar-refractivity contribution in [2.24, 2.45) is 0 Å². The van der Waals surface area contributed by atoms with Gasteiger partial charge in [0.05, 0.1) is 11.5 Å². The standard InChI is InChI=1S/C24H32N2O4S/c1-3-20-8-12-23(13-9-20)31(28,29)25-21-14-16-26(17-15-21)24(27)5-4-18-30-22-10-6-19(2)7-11-22/h6-13,21,25H,3-5,14-18H2,1-2H3. The lowest BCUT2D eigenvalue weighted by atomic mass is 10.1. The van der Waals surface area contributed by atoms with E-state index in [4.69, 9.17) is 4.74 Å². The summed E-state index contributed by atoms with van der Waals surface area (Å²) in [7, 11) is -3.54. The van der Waals surface area contributed by atoms with Gasteiger partial charge in [0.2, 0.25) is 15.9 Å². The number of nitrogens with zero attached hydrogens (tertiary/aromatic N) is 1. The molecule has 0 atom stereocenters. The fourth-order valence-electron chi connectivity index (χ4n) is 3.64. The predicted molar refractivity (Wildman–Crippen MR) is 122 cm³/mol. The van der Waals surface area contributed by atoms with Crippen LogP contribution >= 0.6 is 0 Å². The molecule has 168 valence electrons. The molecule has 31 heavy (non-hydrogen) atoms. The molecule has 2 aromatic carbocycles. The van der Waals surface area contributed by atoms with Gasteiger partial charge in [0, 0.05) is 25.6 Å². The largest absolute Gasteiger partial charge is 0.494 e. The van der Waals surface area contributed by atoms with Crippen LogP contribution in [0.15, 0.2) is 53.4 Å². The number of piperidine rings is 1. The summed E-state index contributed by atoms with van der Waals surface area (Å²) in [4.78, 5) is 14.6. The maximum atomic E-state index is 12.6. The molecule has 1 fully saturated rings. The number of carbonyl (C=O) groups is 1. The molecule has 0 unspecified atom stereocenters. The molecule has 0 aromatic heterocycles. The van der Waals surface area contributed by atoms with E-state index in [0.29, 0.717) is 45.4 Å². The highest BCUT2D eigenvalue weighted by molar-refractivity contribution is 7.89. The normalized spacial score (nSPS) is 15.1. The molecule has 1 amide bonds. The summed E-state index contributed by atoms with van der Waals surface area (Å²) in [6, 6.07) is 14.7. The number of benzene rings is 2. The van der Waals surface area contributed by atoms with E-state index in [2.05, 4.69) is 4.72 Å². The molecule has 1 saturated heterocycles. The van der Waals surface area contributed by atoms with Gasteiger partial charge in [-0.2, -0.15) is 0 Å². The lowest BCUT2D eigenvalue weighted by Gasteiger charge is -2.32. The minimum atomic E-state index is -3.54. The molecule has 2 aromatic rings. The summed E-state index contributed by atoms with van der Waals surface area (Å²) in [6.07, 6.45) is 3.22. The molecule has 1 heterocycles. The van der Waals surface area contributed by atoms with E-state index in [0.717, 1.165) is 17.7 Å². The van der Waals surface area contributed by atoms with E-state index < -0.39 is 10.0 Å². The van der Waals surface area contributed by atoms with Gasteiger partial charge in [-0.3, -0.25) is 4.79 Å². The highest BCUT2D eigenvalue weighted by atomic mass is 32.2. The van der Waals surface area contributed by atoms with E-state index in [-0.39, 0.29) is 16.8 Å². The van der Waals surface area contributed by atoms with Crippen molar-refractivity contribution in [1.82, 2.24) is 9.62 Å². The minimum Gasteiger partial charge on any atom is -0.494 e. The smallest absolute Gasteiger partial charge is 0.240 e. The number of hydrogen-bond donors (Lipinski definition) is 1. The molecule has 0 aliphatic carbocycles. The molecule has 1 N–H and O–H groups in total. The Morgan fingerprint density at radius 1 is 1.06 bits per heavy atom. The molecule has 0 radical (unpaired) electrons. The first-order valence-electron chi connectivity index (χ1n) is 11.0. The van der Waals surface area contributed by atoms with Gasteiger partial charge in [0.15, 0.2) is 0 Å². The zero-order valence-electron chi connectivity index (χ0n) is 18.3. The van der Waals surface area contributed by atoms with Crippen LogP contribution in [0.5, 0.6) is 5.75 Å². The van der Waals surface area contributed by atoms with Crippen LogP contribution < -0.4 is 9.46 Å². The summed E-state index contributed by atoms with van der Waals surface area (Å²) < 4.78 is 33.7. The highest BCUT2D eigenvalue weighted by Crippen LogP contribution is 2.17. The Hall–Kier alpha value is -2.38. The van der Waals surface area contributed by atoms with Crippen molar-refractivity contribution in [2.45, 2.75) is 56.9 Å². The number of likely N-dealkylation sites (tertiary alicyclic amines) is 1. The molecular weight excluding hydrogens is 412 g/mol. The second-order valence-corrected chi connectivity index (χ2v) is 9.75. The number of sulfonamides is 1. The second-order valence-electron chi connectivity index (χ2n) is 8.04. The van der Waals surface area contributed by atoms with Crippen molar-refractivity contribution in [2.75, 3.05) is 19.7 Å². The van der Waals surface area contributed by atoms with Gasteiger partial charge >= 0.3 is 0 Å². The van der Waals surface area contributed by atoms with E-state index in [1.165, 1.54) is 5.56 Å². The summed E-state index contributed by atoms with van der Waals surface area (Å²) in [5.74, 6) is 0.916. The van der Waals surface area contributed by atoms with Gasteiger partial charge in [0.25, 0.3) is 0 Å². The highest BCUT2D eigenvalue weighted by Gasteiger charge is 2.26. The topological polar surface area (TPSA) is 75.7 Å². The van der Waals surface area contributed by atoms with Gasteiger partial charge in [-0.1, -0.05) is 36.8 Å². The molecule has 1 aliphatic heterocycles. The number of hydrogen-bond acceptors (Lipinski definition) is 4. The molecule has 0 spiro atoms. The molecule has 7 heteroatoms. The Morgan fingerprint density at radius 2 is 1.71 bits per heavy atom. The van der Waals surface area contributed by atoms with Crippen molar-refractivity contribution in [1.29, 1.82) is 0 Å². The number of carbonyl (C=O) groups excluding carboxylic acids is 1. The Labute approximate surface area is 185 Å². The molecule has 3 rings (SSSR count). The lowest BCUT2D eigenvalue weighted by molar-refractivity contribution is -0.132. The first-order chi connectivity index (χ1) is 14.9. The fourth-order valence-corrected chi connectivity index (χ4v) is 4.95. The third-order valence-corrected chi connectivity index (χ3v) is 7.17. The van der Waals surface area contributed by atoms with E-state index in [1.54, 1.807) is 12.1 Å². The van der Waals surface area contributed by atoms with Crippen LogP contribution in [0.2, 0.25) is 0 Å². The number of aryl methyl sites for hydroxylation is 2. The fraction of sp³-hybridized carbons (Fsp3) is 0.458. The van der Waals surface area contributed by atoms with Crippen molar-refractivity contribution in [3.8, 4) is 5.75 Å². The van der Waals surface area contributed by atoms with Crippen molar-refractivity contribution in [3.63, 3.8) is 0 Å². The van der Waals surface area contributed by atoms with Crippen LogP contribution in [-0.2, 0) is 21.2 Å². The Balaban J connectivity index is 1.39. The van der Waals surface area contributed by atoms with Gasteiger partial charge in [0.1, 0.15) is 5.75 Å². The van der Waals surface area contributed by atoms with E-state index in [9.17, 15) is 13.2 Å². The van der Waals surface area contributed by atoms with Crippen molar-refractivity contribution < 1.29 is 17.9 Å². The second kappa shape index (κ2) is 10.8. The van der Waals surface area contributed by atoms with Crippen LogP contribution in [0.4, 0.5) is 0 Å². The van der Waals surface area contributed by atoms with E-state index in [1.807, 2.05) is 55.1 Å². The number of nitrogens with one attached hydrogen (secondary N) is 1. The zero-order chi connectivity index (χ0) is 22.3. The molecular formula is C24H32N2O4S. The summed E-state index contributed by atoms with van der Waals surface area (Å²) in [6.45, 7) is 5.70. The van der Waals surface area contributed by atoms with Gasteiger partial charge in [-0.15, -0.1) is 0 Å². The number of rotatable bonds is 9. The number of ether oxygens (including phenoxy) is 1. The average Bonchev–Trinajstić information content (AvgIpc) is 2.78. The van der Waals surface area contributed by atoms with Crippen LogP contribution in [0.25, 0.3) is 0 Å². The molecule has 1 aliphatic rings. The summed E-state index contributed by atoms with van der Waals surface area (Å²) in [5, 5.41) is 0. The molecule has 0 saturated carbocycles. The Morgan fingerprint density at radius 3 is 2.32 bits per heavy atom. The SMILES string of the molecule is CCc1ccc(S(=O)(=O)NC2CCN(C(=O)CCCOc3ccc(C)cc3)CC2)cc1. The van der Waals surface area contributed by atoms with Crippen LogP contribution in [0.3, 0.4) is 0 Å². The summed E-state index contributed by atoms with van der Waals surface area (Å²) in [5.41, 5.74) is 2.29. The van der Waals surface area contributed by atoms with Crippen LogP contribution in [0.1, 0.15) is 43.7 Å².